The number of rotatable bonds is 3. The van der Waals surface area contributed by atoms with Crippen molar-refractivity contribution in [2.75, 3.05) is 10.2 Å². The Morgan fingerprint density at radius 2 is 1.81 bits per heavy atom. The van der Waals surface area contributed by atoms with Crippen LogP contribution in [0.25, 0.3) is 0 Å². The second-order valence-electron chi connectivity index (χ2n) is 7.01. The zero-order valence-electron chi connectivity index (χ0n) is 15.7. The molecule has 2 heterocycles. The Labute approximate surface area is 159 Å². The van der Waals surface area contributed by atoms with Crippen molar-refractivity contribution in [3.8, 4) is 0 Å². The molecule has 0 bridgehead atoms. The molecule has 4 rings (SSSR count). The summed E-state index contributed by atoms with van der Waals surface area (Å²) in [6.07, 6.45) is 2.59. The van der Waals surface area contributed by atoms with Crippen molar-refractivity contribution in [1.82, 2.24) is 9.97 Å². The van der Waals surface area contributed by atoms with Crippen LogP contribution in [-0.2, 0) is 6.42 Å². The summed E-state index contributed by atoms with van der Waals surface area (Å²) in [6, 6.07) is 16.1. The van der Waals surface area contributed by atoms with Crippen molar-refractivity contribution >= 4 is 23.2 Å². The number of nitrogens with one attached hydrogen (secondary N) is 1. The molecule has 0 spiro atoms. The second kappa shape index (κ2) is 6.83. The van der Waals surface area contributed by atoms with E-state index in [9.17, 15) is 4.79 Å². The van der Waals surface area contributed by atoms with Gasteiger partial charge in [-0.15, -0.1) is 0 Å². The number of aromatic nitrogens is 2. The zero-order chi connectivity index (χ0) is 19.0. The highest BCUT2D eigenvalue weighted by Crippen LogP contribution is 2.36. The molecule has 0 saturated carbocycles. The van der Waals surface area contributed by atoms with Gasteiger partial charge in [0.05, 0.1) is 0 Å². The van der Waals surface area contributed by atoms with Gasteiger partial charge in [-0.05, 0) is 56.0 Å². The molecule has 136 valence electrons. The number of amides is 1. The Balaban J connectivity index is 1.64. The van der Waals surface area contributed by atoms with Gasteiger partial charge in [-0.25, -0.2) is 9.97 Å². The molecule has 2 aromatic carbocycles. The van der Waals surface area contributed by atoms with E-state index in [1.807, 2.05) is 44.2 Å². The van der Waals surface area contributed by atoms with Gasteiger partial charge >= 0.3 is 0 Å². The third-order valence-corrected chi connectivity index (χ3v) is 5.02. The van der Waals surface area contributed by atoms with Crippen molar-refractivity contribution in [2.24, 2.45) is 0 Å². The van der Waals surface area contributed by atoms with E-state index in [1.165, 1.54) is 5.56 Å². The monoisotopic (exact) mass is 358 g/mol. The number of hydrogen-bond acceptors (Lipinski definition) is 4. The third kappa shape index (κ3) is 3.16. The van der Waals surface area contributed by atoms with Crippen LogP contribution >= 0.6 is 0 Å². The Morgan fingerprint density at radius 1 is 1.07 bits per heavy atom. The van der Waals surface area contributed by atoms with E-state index < -0.39 is 0 Å². The molecule has 0 radical (unpaired) electrons. The summed E-state index contributed by atoms with van der Waals surface area (Å²) < 4.78 is 0. The summed E-state index contributed by atoms with van der Waals surface area (Å²) in [4.78, 5) is 23.9. The first-order valence-corrected chi connectivity index (χ1v) is 9.12. The second-order valence-corrected chi connectivity index (χ2v) is 7.01. The maximum Gasteiger partial charge on any atom is 0.274 e. The fourth-order valence-electron chi connectivity index (χ4n) is 3.65. The maximum atomic E-state index is 12.8. The normalized spacial score (nSPS) is 15.5. The van der Waals surface area contributed by atoms with Gasteiger partial charge in [0.15, 0.2) is 0 Å². The van der Waals surface area contributed by atoms with Crippen LogP contribution in [0, 0.1) is 13.8 Å². The molecule has 1 aromatic heterocycles. The molecule has 1 amide bonds. The largest absolute Gasteiger partial charge is 0.320 e. The average molecular weight is 358 g/mol. The van der Waals surface area contributed by atoms with Gasteiger partial charge < -0.3 is 10.2 Å². The topological polar surface area (TPSA) is 58.1 Å². The number of benzene rings is 2. The standard InChI is InChI=1S/C22H22N4O/c1-14-7-6-8-15(2)20(14)25-21(27)18-11-12-23-22(24-18)26-16(3)13-17-9-4-5-10-19(17)26/h4-12,16H,13H2,1-3H3,(H,25,27). The fraction of sp³-hybridized carbons (Fsp3) is 0.227. The minimum absolute atomic E-state index is 0.226. The molecule has 1 unspecified atom stereocenters. The summed E-state index contributed by atoms with van der Waals surface area (Å²) >= 11 is 0. The molecular weight excluding hydrogens is 336 g/mol. The lowest BCUT2D eigenvalue weighted by atomic mass is 10.1. The number of para-hydroxylation sites is 2. The Hall–Kier alpha value is -3.21. The molecule has 27 heavy (non-hydrogen) atoms. The molecule has 1 aliphatic rings. The summed E-state index contributed by atoms with van der Waals surface area (Å²) in [6.45, 7) is 6.11. The first-order valence-electron chi connectivity index (χ1n) is 9.12. The quantitative estimate of drug-likeness (QED) is 0.752. The van der Waals surface area contributed by atoms with Crippen LogP contribution in [0.5, 0.6) is 0 Å². The minimum atomic E-state index is -0.226. The zero-order valence-corrected chi connectivity index (χ0v) is 15.7. The average Bonchev–Trinajstić information content (AvgIpc) is 3.00. The number of carbonyl (C=O) groups is 1. The van der Waals surface area contributed by atoms with Gasteiger partial charge in [-0.3, -0.25) is 4.79 Å². The first kappa shape index (κ1) is 17.2. The molecule has 0 saturated heterocycles. The fourth-order valence-corrected chi connectivity index (χ4v) is 3.65. The molecule has 1 aliphatic heterocycles. The smallest absolute Gasteiger partial charge is 0.274 e. The molecule has 1 atom stereocenters. The van der Waals surface area contributed by atoms with Crippen LogP contribution in [0.15, 0.2) is 54.7 Å². The van der Waals surface area contributed by atoms with Gasteiger partial charge in [0.2, 0.25) is 5.95 Å². The number of nitrogens with zero attached hydrogens (tertiary/aromatic N) is 3. The maximum absolute atomic E-state index is 12.8. The van der Waals surface area contributed by atoms with E-state index in [0.717, 1.165) is 28.9 Å². The predicted molar refractivity (Wildman–Crippen MR) is 108 cm³/mol. The minimum Gasteiger partial charge on any atom is -0.320 e. The molecule has 5 nitrogen and oxygen atoms in total. The van der Waals surface area contributed by atoms with Gasteiger partial charge in [0.1, 0.15) is 5.69 Å². The summed E-state index contributed by atoms with van der Waals surface area (Å²) in [7, 11) is 0. The molecular formula is C22H22N4O. The number of anilines is 3. The van der Waals surface area contributed by atoms with Crippen LogP contribution in [0.3, 0.4) is 0 Å². The Morgan fingerprint density at radius 3 is 2.59 bits per heavy atom. The Bertz CT molecular complexity index is 994. The van der Waals surface area contributed by atoms with Gasteiger partial charge in [-0.2, -0.15) is 0 Å². The van der Waals surface area contributed by atoms with Crippen LogP contribution in [-0.4, -0.2) is 21.9 Å². The number of fused-ring (bicyclic) bond motifs is 1. The highest BCUT2D eigenvalue weighted by atomic mass is 16.1. The van der Waals surface area contributed by atoms with Gasteiger partial charge in [-0.1, -0.05) is 36.4 Å². The van der Waals surface area contributed by atoms with Crippen LogP contribution in [0.4, 0.5) is 17.3 Å². The lowest BCUT2D eigenvalue weighted by Gasteiger charge is -2.22. The van der Waals surface area contributed by atoms with Gasteiger partial charge in [0, 0.05) is 23.6 Å². The van der Waals surface area contributed by atoms with Crippen molar-refractivity contribution in [3.63, 3.8) is 0 Å². The van der Waals surface area contributed by atoms with E-state index in [1.54, 1.807) is 12.3 Å². The summed E-state index contributed by atoms with van der Waals surface area (Å²) in [5.41, 5.74) is 5.64. The SMILES string of the molecule is Cc1cccc(C)c1NC(=O)c1ccnc(N2c3ccccc3CC2C)n1. The van der Waals surface area contributed by atoms with E-state index in [-0.39, 0.29) is 11.9 Å². The lowest BCUT2D eigenvalue weighted by Crippen LogP contribution is -2.27. The van der Waals surface area contributed by atoms with Crippen molar-refractivity contribution < 1.29 is 4.79 Å². The highest BCUT2D eigenvalue weighted by molar-refractivity contribution is 6.03. The van der Waals surface area contributed by atoms with Crippen LogP contribution in [0.2, 0.25) is 0 Å². The van der Waals surface area contributed by atoms with E-state index in [0.29, 0.717) is 11.6 Å². The summed E-state index contributed by atoms with van der Waals surface area (Å²) in [5, 5.41) is 3.00. The Kier molecular flexibility index (Phi) is 4.36. The highest BCUT2D eigenvalue weighted by Gasteiger charge is 2.29. The van der Waals surface area contributed by atoms with Crippen molar-refractivity contribution in [3.05, 3.63) is 77.1 Å². The molecule has 3 aromatic rings. The van der Waals surface area contributed by atoms with E-state index in [2.05, 4.69) is 39.2 Å². The number of carbonyl (C=O) groups excluding carboxylic acids is 1. The number of aryl methyl sites for hydroxylation is 2. The third-order valence-electron chi connectivity index (χ3n) is 5.02. The summed E-state index contributed by atoms with van der Waals surface area (Å²) in [5.74, 6) is 0.331. The lowest BCUT2D eigenvalue weighted by molar-refractivity contribution is 0.102. The molecule has 5 heteroatoms. The molecule has 0 fully saturated rings. The van der Waals surface area contributed by atoms with Crippen LogP contribution < -0.4 is 10.2 Å². The van der Waals surface area contributed by atoms with Gasteiger partial charge in [0.25, 0.3) is 5.91 Å². The molecule has 1 N–H and O–H groups in total. The van der Waals surface area contributed by atoms with E-state index in [4.69, 9.17) is 0 Å². The van der Waals surface area contributed by atoms with Crippen LogP contribution in [0.1, 0.15) is 34.1 Å². The molecule has 0 aliphatic carbocycles. The first-order chi connectivity index (χ1) is 13.0. The van der Waals surface area contributed by atoms with Crippen molar-refractivity contribution in [2.45, 2.75) is 33.2 Å². The van der Waals surface area contributed by atoms with E-state index >= 15 is 0 Å². The predicted octanol–water partition coefficient (Wildman–Crippen LogP) is 4.43. The van der Waals surface area contributed by atoms with Crippen molar-refractivity contribution in [1.29, 1.82) is 0 Å². The number of hydrogen-bond donors (Lipinski definition) is 1.